The van der Waals surface area contributed by atoms with E-state index in [1.165, 1.54) is 33.9 Å². The molecule has 0 fully saturated rings. The van der Waals surface area contributed by atoms with E-state index in [0.717, 1.165) is 6.08 Å². The number of amides is 1. The summed E-state index contributed by atoms with van der Waals surface area (Å²) in [6.45, 7) is 0. The Balaban J connectivity index is 2.13. The summed E-state index contributed by atoms with van der Waals surface area (Å²) < 4.78 is 26.8. The Morgan fingerprint density at radius 1 is 1.04 bits per heavy atom. The Morgan fingerprint density at radius 3 is 2.50 bits per heavy atom. The molecule has 1 aromatic heterocycles. The number of hydrogen-bond acceptors (Lipinski definition) is 4. The van der Waals surface area contributed by atoms with Gasteiger partial charge in [0.2, 0.25) is 0 Å². The van der Waals surface area contributed by atoms with Crippen molar-refractivity contribution < 1.29 is 18.4 Å². The van der Waals surface area contributed by atoms with Crippen LogP contribution in [-0.4, -0.2) is 23.5 Å². The van der Waals surface area contributed by atoms with Crippen molar-refractivity contribution in [2.24, 2.45) is 0 Å². The molecule has 1 amide bonds. The van der Waals surface area contributed by atoms with E-state index in [1.807, 2.05) is 0 Å². The van der Waals surface area contributed by atoms with E-state index in [4.69, 9.17) is 5.21 Å². The molecule has 3 aromatic rings. The van der Waals surface area contributed by atoms with Crippen LogP contribution in [0.3, 0.4) is 0 Å². The van der Waals surface area contributed by atoms with Gasteiger partial charge in [-0.25, -0.2) is 17.9 Å². The monoisotopic (exact) mass is 342 g/mol. The van der Waals surface area contributed by atoms with Crippen LogP contribution >= 0.6 is 0 Å². The lowest BCUT2D eigenvalue weighted by atomic mass is 10.1. The van der Waals surface area contributed by atoms with E-state index in [9.17, 15) is 13.2 Å². The van der Waals surface area contributed by atoms with Crippen LogP contribution in [0, 0.1) is 0 Å². The van der Waals surface area contributed by atoms with Crippen LogP contribution < -0.4 is 5.48 Å². The van der Waals surface area contributed by atoms with Crippen molar-refractivity contribution in [3.63, 3.8) is 0 Å². The van der Waals surface area contributed by atoms with Gasteiger partial charge in [-0.3, -0.25) is 10.0 Å². The van der Waals surface area contributed by atoms with Crippen LogP contribution in [0.25, 0.3) is 17.0 Å². The molecule has 122 valence electrons. The first-order chi connectivity index (χ1) is 11.5. The van der Waals surface area contributed by atoms with E-state index in [1.54, 1.807) is 42.5 Å². The number of hydrogen-bond donors (Lipinski definition) is 2. The normalized spacial score (nSPS) is 11.9. The molecule has 1 heterocycles. The molecule has 0 bridgehead atoms. The molecule has 0 unspecified atom stereocenters. The number of hydroxylamine groups is 1. The number of fused-ring (bicyclic) bond motifs is 1. The Hall–Kier alpha value is -2.90. The molecular formula is C17H14N2O4S. The van der Waals surface area contributed by atoms with Crippen LogP contribution in [0.4, 0.5) is 0 Å². The van der Waals surface area contributed by atoms with Crippen LogP contribution in [0.15, 0.2) is 71.8 Å². The van der Waals surface area contributed by atoms with Gasteiger partial charge < -0.3 is 0 Å². The fourth-order valence-corrected chi connectivity index (χ4v) is 3.80. The van der Waals surface area contributed by atoms with Crippen molar-refractivity contribution >= 4 is 32.9 Å². The van der Waals surface area contributed by atoms with E-state index < -0.39 is 15.9 Å². The fourth-order valence-electron chi connectivity index (χ4n) is 2.43. The molecule has 2 N–H and O–H groups in total. The lowest BCUT2D eigenvalue weighted by molar-refractivity contribution is -0.124. The summed E-state index contributed by atoms with van der Waals surface area (Å²) in [5.74, 6) is -0.664. The zero-order valence-corrected chi connectivity index (χ0v) is 13.3. The van der Waals surface area contributed by atoms with Crippen molar-refractivity contribution in [2.75, 3.05) is 0 Å². The summed E-state index contributed by atoms with van der Waals surface area (Å²) in [5.41, 5.74) is 2.68. The Kier molecular flexibility index (Phi) is 4.20. The maximum atomic E-state index is 12.8. The highest BCUT2D eigenvalue weighted by Gasteiger charge is 2.18. The lowest BCUT2D eigenvalue weighted by Crippen LogP contribution is -2.14. The standard InChI is InChI=1S/C17H14N2O4S/c20-17(18-21)10-9-13-5-4-8-16-15(13)11-12-19(16)24(22,23)14-6-2-1-3-7-14/h1-12,21H,(H,18,20)/b10-9-. The third-order valence-corrected chi connectivity index (χ3v) is 5.26. The van der Waals surface area contributed by atoms with Gasteiger partial charge in [-0.15, -0.1) is 0 Å². The minimum absolute atomic E-state index is 0.197. The van der Waals surface area contributed by atoms with Crippen molar-refractivity contribution in [2.45, 2.75) is 4.90 Å². The first-order valence-corrected chi connectivity index (χ1v) is 8.51. The molecule has 0 saturated carbocycles. The van der Waals surface area contributed by atoms with Crippen molar-refractivity contribution in [3.8, 4) is 0 Å². The second-order valence-electron chi connectivity index (χ2n) is 5.02. The Morgan fingerprint density at radius 2 is 1.79 bits per heavy atom. The number of benzene rings is 2. The molecule has 0 atom stereocenters. The summed E-state index contributed by atoms with van der Waals surface area (Å²) in [6.07, 6.45) is 4.15. The van der Waals surface area contributed by atoms with Crippen molar-refractivity contribution in [1.29, 1.82) is 0 Å². The molecule has 3 rings (SSSR count). The second kappa shape index (κ2) is 6.31. The molecular weight excluding hydrogens is 328 g/mol. The largest absolute Gasteiger partial charge is 0.288 e. The highest BCUT2D eigenvalue weighted by molar-refractivity contribution is 7.90. The molecule has 7 heteroatoms. The van der Waals surface area contributed by atoms with Gasteiger partial charge in [-0.05, 0) is 35.9 Å². The quantitative estimate of drug-likeness (QED) is 0.433. The summed E-state index contributed by atoms with van der Waals surface area (Å²) in [7, 11) is -3.70. The van der Waals surface area contributed by atoms with Gasteiger partial charge in [0.25, 0.3) is 15.9 Å². The third-order valence-electron chi connectivity index (χ3n) is 3.56. The first kappa shape index (κ1) is 16.0. The average molecular weight is 342 g/mol. The predicted molar refractivity (Wildman–Crippen MR) is 89.9 cm³/mol. The highest BCUT2D eigenvalue weighted by atomic mass is 32.2. The van der Waals surface area contributed by atoms with E-state index in [2.05, 4.69) is 0 Å². The maximum Gasteiger partial charge on any atom is 0.268 e. The van der Waals surface area contributed by atoms with E-state index in [-0.39, 0.29) is 4.90 Å². The molecule has 0 spiro atoms. The number of aromatic nitrogens is 1. The molecule has 0 aliphatic heterocycles. The molecule has 0 radical (unpaired) electrons. The number of carbonyl (C=O) groups is 1. The minimum Gasteiger partial charge on any atom is -0.288 e. The van der Waals surface area contributed by atoms with Crippen LogP contribution in [0.1, 0.15) is 5.56 Å². The molecule has 0 saturated heterocycles. The molecule has 2 aromatic carbocycles. The molecule has 0 aliphatic carbocycles. The van der Waals surface area contributed by atoms with Crippen LogP contribution in [0.2, 0.25) is 0 Å². The van der Waals surface area contributed by atoms with E-state index in [0.29, 0.717) is 16.5 Å². The summed E-state index contributed by atoms with van der Waals surface area (Å²) in [5, 5.41) is 9.21. The first-order valence-electron chi connectivity index (χ1n) is 7.07. The van der Waals surface area contributed by atoms with Gasteiger partial charge >= 0.3 is 0 Å². The average Bonchev–Trinajstić information content (AvgIpc) is 3.05. The zero-order chi connectivity index (χ0) is 17.2. The molecule has 6 nitrogen and oxygen atoms in total. The van der Waals surface area contributed by atoms with Crippen molar-refractivity contribution in [1.82, 2.24) is 9.45 Å². The van der Waals surface area contributed by atoms with Gasteiger partial charge in [-0.1, -0.05) is 30.3 Å². The van der Waals surface area contributed by atoms with Gasteiger partial charge in [0.05, 0.1) is 10.4 Å². The third kappa shape index (κ3) is 2.82. The lowest BCUT2D eigenvalue weighted by Gasteiger charge is -2.08. The predicted octanol–water partition coefficient (Wildman–Crippen LogP) is 2.40. The number of carbonyl (C=O) groups excluding carboxylic acids is 1. The zero-order valence-electron chi connectivity index (χ0n) is 12.5. The van der Waals surface area contributed by atoms with Gasteiger partial charge in [0.15, 0.2) is 0 Å². The van der Waals surface area contributed by atoms with Gasteiger partial charge in [0.1, 0.15) is 0 Å². The summed E-state index contributed by atoms with van der Waals surface area (Å²) >= 11 is 0. The number of rotatable bonds is 4. The van der Waals surface area contributed by atoms with Crippen LogP contribution in [-0.2, 0) is 14.8 Å². The SMILES string of the molecule is O=C(/C=C\c1cccc2c1ccn2S(=O)(=O)c1ccccc1)NO. The summed E-state index contributed by atoms with van der Waals surface area (Å²) in [4.78, 5) is 11.3. The second-order valence-corrected chi connectivity index (χ2v) is 6.83. The maximum absolute atomic E-state index is 12.8. The van der Waals surface area contributed by atoms with Crippen molar-refractivity contribution in [3.05, 3.63) is 72.4 Å². The van der Waals surface area contributed by atoms with Crippen LogP contribution in [0.5, 0.6) is 0 Å². The summed E-state index contributed by atoms with van der Waals surface area (Å²) in [6, 6.07) is 15.0. The number of nitrogens with zero attached hydrogens (tertiary/aromatic N) is 1. The van der Waals surface area contributed by atoms with Gasteiger partial charge in [0, 0.05) is 17.7 Å². The Labute approximate surface area is 138 Å². The molecule has 0 aliphatic rings. The minimum atomic E-state index is -3.70. The Bertz CT molecular complexity index is 1020. The fraction of sp³-hybridized carbons (Fsp3) is 0. The number of nitrogens with one attached hydrogen (secondary N) is 1. The molecule has 24 heavy (non-hydrogen) atoms. The van der Waals surface area contributed by atoms with Gasteiger partial charge in [-0.2, -0.15) is 0 Å². The highest BCUT2D eigenvalue weighted by Crippen LogP contribution is 2.25. The van der Waals surface area contributed by atoms with E-state index >= 15 is 0 Å². The topological polar surface area (TPSA) is 88.4 Å². The smallest absolute Gasteiger partial charge is 0.268 e.